The monoisotopic (exact) mass is 424 g/mol. The molecule has 4 rings (SSSR count). The zero-order valence-corrected chi connectivity index (χ0v) is 16.9. The Bertz CT molecular complexity index is 1240. The van der Waals surface area contributed by atoms with E-state index < -0.39 is 17.8 Å². The van der Waals surface area contributed by atoms with Crippen molar-refractivity contribution in [2.24, 2.45) is 0 Å². The summed E-state index contributed by atoms with van der Waals surface area (Å²) in [5.41, 5.74) is 2.10. The summed E-state index contributed by atoms with van der Waals surface area (Å²) in [7, 11) is 0. The number of rotatable bonds is 4. The van der Waals surface area contributed by atoms with Gasteiger partial charge in [-0.1, -0.05) is 48.9 Å². The number of nitrogens with one attached hydrogen (secondary N) is 1. The number of anilines is 1. The van der Waals surface area contributed by atoms with E-state index in [1.165, 1.54) is 6.07 Å². The average Bonchev–Trinajstić information content (AvgIpc) is 3.17. The Balaban J connectivity index is 1.74. The lowest BCUT2D eigenvalue weighted by Gasteiger charge is -2.11. The van der Waals surface area contributed by atoms with Gasteiger partial charge in [0.2, 0.25) is 0 Å². The smallest absolute Gasteiger partial charge is 0.321 e. The number of benzene rings is 2. The van der Waals surface area contributed by atoms with Crippen LogP contribution in [0.25, 0.3) is 16.9 Å². The number of alkyl halides is 3. The first-order valence-electron chi connectivity index (χ1n) is 9.70. The molecule has 0 aliphatic rings. The Kier molecular flexibility index (Phi) is 5.22. The molecule has 0 saturated heterocycles. The van der Waals surface area contributed by atoms with Crippen molar-refractivity contribution in [3.8, 4) is 11.3 Å². The van der Waals surface area contributed by atoms with Crippen LogP contribution >= 0.6 is 0 Å². The van der Waals surface area contributed by atoms with Gasteiger partial charge in [0.25, 0.3) is 5.91 Å². The molecule has 0 unspecified atom stereocenters. The normalized spacial score (nSPS) is 11.6. The summed E-state index contributed by atoms with van der Waals surface area (Å²) in [6, 6.07) is 16.4. The Morgan fingerprint density at radius 1 is 1.03 bits per heavy atom. The second kappa shape index (κ2) is 7.86. The van der Waals surface area contributed by atoms with Gasteiger partial charge >= 0.3 is 6.18 Å². The third-order valence-electron chi connectivity index (χ3n) is 4.92. The van der Waals surface area contributed by atoms with E-state index in [0.717, 1.165) is 23.6 Å². The van der Waals surface area contributed by atoms with E-state index >= 15 is 0 Å². The van der Waals surface area contributed by atoms with Crippen LogP contribution in [0.15, 0.2) is 60.7 Å². The summed E-state index contributed by atoms with van der Waals surface area (Å²) in [6.45, 7) is 3.90. The number of carbonyl (C=O) groups is 1. The van der Waals surface area contributed by atoms with Gasteiger partial charge < -0.3 is 5.32 Å². The maximum absolute atomic E-state index is 13.7. The van der Waals surface area contributed by atoms with E-state index in [9.17, 15) is 18.0 Å². The Morgan fingerprint density at radius 2 is 1.71 bits per heavy atom. The largest absolute Gasteiger partial charge is 0.433 e. The number of carbonyl (C=O) groups excluding carboxylic acids is 1. The summed E-state index contributed by atoms with van der Waals surface area (Å²) >= 11 is 0. The van der Waals surface area contributed by atoms with E-state index in [4.69, 9.17) is 0 Å². The molecule has 158 valence electrons. The summed E-state index contributed by atoms with van der Waals surface area (Å²) in [4.78, 5) is 16.9. The van der Waals surface area contributed by atoms with Gasteiger partial charge in [-0.3, -0.25) is 4.79 Å². The van der Waals surface area contributed by atoms with Gasteiger partial charge in [0, 0.05) is 17.3 Å². The van der Waals surface area contributed by atoms with Gasteiger partial charge in [0.1, 0.15) is 0 Å². The molecule has 0 aliphatic carbocycles. The minimum atomic E-state index is -4.67. The van der Waals surface area contributed by atoms with E-state index in [-0.39, 0.29) is 17.0 Å². The van der Waals surface area contributed by atoms with Crippen LogP contribution in [0.5, 0.6) is 0 Å². The summed E-state index contributed by atoms with van der Waals surface area (Å²) in [5, 5.41) is 6.54. The molecule has 31 heavy (non-hydrogen) atoms. The van der Waals surface area contributed by atoms with Gasteiger partial charge in [0.15, 0.2) is 17.0 Å². The van der Waals surface area contributed by atoms with Gasteiger partial charge in [-0.15, -0.1) is 0 Å². The molecule has 0 spiro atoms. The van der Waals surface area contributed by atoms with Gasteiger partial charge in [-0.2, -0.15) is 18.3 Å². The maximum Gasteiger partial charge on any atom is 0.433 e. The lowest BCUT2D eigenvalue weighted by Crippen LogP contribution is -2.15. The third kappa shape index (κ3) is 4.28. The third-order valence-corrected chi connectivity index (χ3v) is 4.92. The van der Waals surface area contributed by atoms with E-state index in [2.05, 4.69) is 15.4 Å². The van der Waals surface area contributed by atoms with Crippen LogP contribution in [-0.4, -0.2) is 20.5 Å². The minimum absolute atomic E-state index is 0.0584. The number of nitrogens with zero attached hydrogens (tertiary/aromatic N) is 3. The lowest BCUT2D eigenvalue weighted by atomic mass is 10.1. The van der Waals surface area contributed by atoms with Crippen LogP contribution in [0.4, 0.5) is 18.9 Å². The van der Waals surface area contributed by atoms with Crippen molar-refractivity contribution in [1.29, 1.82) is 0 Å². The first kappa shape index (κ1) is 20.6. The first-order valence-corrected chi connectivity index (χ1v) is 9.70. The van der Waals surface area contributed by atoms with E-state index in [0.29, 0.717) is 15.8 Å². The average molecular weight is 424 g/mol. The van der Waals surface area contributed by atoms with Crippen molar-refractivity contribution in [3.05, 3.63) is 83.2 Å². The van der Waals surface area contributed by atoms with Crippen molar-refractivity contribution < 1.29 is 18.0 Å². The van der Waals surface area contributed by atoms with Crippen molar-refractivity contribution >= 4 is 17.2 Å². The van der Waals surface area contributed by atoms with Gasteiger partial charge in [-0.05, 0) is 37.1 Å². The molecule has 0 fully saturated rings. The highest BCUT2D eigenvalue weighted by Gasteiger charge is 2.35. The van der Waals surface area contributed by atoms with E-state index in [1.807, 2.05) is 26.0 Å². The van der Waals surface area contributed by atoms with Crippen LogP contribution in [0.2, 0.25) is 0 Å². The number of halogens is 3. The second-order valence-electron chi connectivity index (χ2n) is 7.19. The highest BCUT2D eigenvalue weighted by molar-refractivity contribution is 6.03. The predicted molar refractivity (Wildman–Crippen MR) is 112 cm³/mol. The molecule has 8 heteroatoms. The molecule has 2 aromatic carbocycles. The van der Waals surface area contributed by atoms with Crippen molar-refractivity contribution in [2.75, 3.05) is 5.32 Å². The summed E-state index contributed by atoms with van der Waals surface area (Å²) in [6.07, 6.45) is -3.81. The standard InChI is InChI=1S/C23H19F3N4O/c1-3-15-6-10-17(11-7-15)27-22(31)19-13-21-28-18(16-8-4-14(2)5-9-16)12-20(23(24,25)26)30(21)29-19/h4-13H,3H2,1-2H3,(H,27,31). The van der Waals surface area contributed by atoms with E-state index in [1.54, 1.807) is 36.4 Å². The predicted octanol–water partition coefficient (Wildman–Crippen LogP) is 5.54. The molecule has 0 radical (unpaired) electrons. The Labute approximate surface area is 176 Å². The molecule has 1 amide bonds. The highest BCUT2D eigenvalue weighted by Crippen LogP contribution is 2.32. The molecule has 2 heterocycles. The Hall–Kier alpha value is -3.68. The topological polar surface area (TPSA) is 59.3 Å². The second-order valence-corrected chi connectivity index (χ2v) is 7.19. The van der Waals surface area contributed by atoms with Crippen LogP contribution in [-0.2, 0) is 12.6 Å². The lowest BCUT2D eigenvalue weighted by molar-refractivity contribution is -0.142. The van der Waals surface area contributed by atoms with Crippen molar-refractivity contribution in [1.82, 2.24) is 14.6 Å². The molecule has 0 atom stereocenters. The van der Waals surface area contributed by atoms with Crippen LogP contribution in [0, 0.1) is 6.92 Å². The van der Waals surface area contributed by atoms with Gasteiger partial charge in [0.05, 0.1) is 5.69 Å². The number of fused-ring (bicyclic) bond motifs is 1. The SMILES string of the molecule is CCc1ccc(NC(=O)c2cc3nc(-c4ccc(C)cc4)cc(C(F)(F)F)n3n2)cc1. The number of aromatic nitrogens is 3. The minimum Gasteiger partial charge on any atom is -0.321 e. The number of aryl methyl sites for hydroxylation is 2. The number of amides is 1. The molecule has 0 aliphatic heterocycles. The van der Waals surface area contributed by atoms with Crippen molar-refractivity contribution in [2.45, 2.75) is 26.4 Å². The van der Waals surface area contributed by atoms with Crippen LogP contribution in [0.1, 0.15) is 34.2 Å². The molecular weight excluding hydrogens is 405 g/mol. The molecular formula is C23H19F3N4O. The quantitative estimate of drug-likeness (QED) is 0.468. The van der Waals surface area contributed by atoms with Gasteiger partial charge in [-0.25, -0.2) is 9.50 Å². The fraction of sp³-hybridized carbons (Fsp3) is 0.174. The molecule has 4 aromatic rings. The first-order chi connectivity index (χ1) is 14.7. The summed E-state index contributed by atoms with van der Waals surface area (Å²) in [5.74, 6) is -0.611. The van der Waals surface area contributed by atoms with Crippen molar-refractivity contribution in [3.63, 3.8) is 0 Å². The summed E-state index contributed by atoms with van der Waals surface area (Å²) < 4.78 is 41.8. The molecule has 0 bridgehead atoms. The number of hydrogen-bond donors (Lipinski definition) is 1. The van der Waals surface area contributed by atoms with Crippen LogP contribution < -0.4 is 5.32 Å². The Morgan fingerprint density at radius 3 is 2.32 bits per heavy atom. The number of hydrogen-bond acceptors (Lipinski definition) is 3. The molecule has 1 N–H and O–H groups in total. The highest BCUT2D eigenvalue weighted by atomic mass is 19.4. The zero-order chi connectivity index (χ0) is 22.2. The maximum atomic E-state index is 13.7. The van der Waals surface area contributed by atoms with Crippen LogP contribution in [0.3, 0.4) is 0 Å². The molecule has 2 aromatic heterocycles. The fourth-order valence-corrected chi connectivity index (χ4v) is 3.18. The zero-order valence-electron chi connectivity index (χ0n) is 16.9. The fourth-order valence-electron chi connectivity index (χ4n) is 3.18. The molecule has 0 saturated carbocycles. The molecule has 5 nitrogen and oxygen atoms in total.